The summed E-state index contributed by atoms with van der Waals surface area (Å²) in [6, 6.07) is 5.38. The van der Waals surface area contributed by atoms with E-state index in [1.807, 2.05) is 11.0 Å². The minimum Gasteiger partial charge on any atom is -0.338 e. The first-order valence-electron chi connectivity index (χ1n) is 6.75. The van der Waals surface area contributed by atoms with Crippen molar-refractivity contribution in [3.63, 3.8) is 0 Å². The second kappa shape index (κ2) is 5.84. The Hall–Kier alpha value is -0.540. The van der Waals surface area contributed by atoms with Gasteiger partial charge in [0.1, 0.15) is 0 Å². The molecule has 1 aromatic rings. The van der Waals surface area contributed by atoms with E-state index in [9.17, 15) is 4.79 Å². The molecule has 0 atom stereocenters. The summed E-state index contributed by atoms with van der Waals surface area (Å²) >= 11 is 9.40. The van der Waals surface area contributed by atoms with Crippen LogP contribution in [0.5, 0.6) is 0 Å². The van der Waals surface area contributed by atoms with Crippen LogP contribution < -0.4 is 0 Å². The van der Waals surface area contributed by atoms with Crippen LogP contribution in [-0.4, -0.2) is 23.9 Å². The smallest absolute Gasteiger partial charge is 0.253 e. The maximum Gasteiger partial charge on any atom is 0.253 e. The number of amides is 1. The standard InChI is InChI=1S/C15H19BrClNO/c1-3-15(4-2)5-6-18(10-15)14(19)11-7-12(16)9-13(17)8-11/h7-9H,3-6,10H2,1-2H3. The maximum atomic E-state index is 12.5. The molecule has 2 rings (SSSR count). The van der Waals surface area contributed by atoms with Crippen molar-refractivity contribution in [3.05, 3.63) is 33.3 Å². The fourth-order valence-corrected chi connectivity index (χ4v) is 3.66. The summed E-state index contributed by atoms with van der Waals surface area (Å²) in [7, 11) is 0. The molecular formula is C15H19BrClNO. The summed E-state index contributed by atoms with van der Waals surface area (Å²) in [5.74, 6) is 0.0898. The van der Waals surface area contributed by atoms with Gasteiger partial charge in [-0.2, -0.15) is 0 Å². The Morgan fingerprint density at radius 2 is 2.05 bits per heavy atom. The molecule has 1 aromatic carbocycles. The summed E-state index contributed by atoms with van der Waals surface area (Å²) in [6.45, 7) is 6.15. The summed E-state index contributed by atoms with van der Waals surface area (Å²) in [4.78, 5) is 14.5. The summed E-state index contributed by atoms with van der Waals surface area (Å²) in [5, 5.41) is 0.592. The molecule has 2 nitrogen and oxygen atoms in total. The molecule has 0 unspecified atom stereocenters. The van der Waals surface area contributed by atoms with E-state index in [1.54, 1.807) is 12.1 Å². The molecule has 0 aliphatic carbocycles. The van der Waals surface area contributed by atoms with Gasteiger partial charge in [-0.25, -0.2) is 0 Å². The van der Waals surface area contributed by atoms with Crippen LogP contribution in [0.3, 0.4) is 0 Å². The molecule has 104 valence electrons. The summed E-state index contributed by atoms with van der Waals surface area (Å²) < 4.78 is 0.847. The molecule has 1 fully saturated rings. The van der Waals surface area contributed by atoms with E-state index in [0.717, 1.165) is 36.8 Å². The van der Waals surface area contributed by atoms with E-state index < -0.39 is 0 Å². The van der Waals surface area contributed by atoms with E-state index >= 15 is 0 Å². The van der Waals surface area contributed by atoms with Crippen molar-refractivity contribution < 1.29 is 4.79 Å². The highest BCUT2D eigenvalue weighted by molar-refractivity contribution is 9.10. The number of benzene rings is 1. The van der Waals surface area contributed by atoms with Gasteiger partial charge in [0.15, 0.2) is 0 Å². The zero-order valence-electron chi connectivity index (χ0n) is 11.4. The molecule has 0 N–H and O–H groups in total. The molecule has 1 aliphatic heterocycles. The number of hydrogen-bond donors (Lipinski definition) is 0. The van der Waals surface area contributed by atoms with Gasteiger partial charge in [0.05, 0.1) is 0 Å². The van der Waals surface area contributed by atoms with E-state index in [4.69, 9.17) is 11.6 Å². The Bertz CT molecular complexity index is 465. The van der Waals surface area contributed by atoms with Gasteiger partial charge in [-0.3, -0.25) is 4.79 Å². The number of likely N-dealkylation sites (tertiary alicyclic amines) is 1. The van der Waals surface area contributed by atoms with Crippen molar-refractivity contribution >= 4 is 33.4 Å². The van der Waals surface area contributed by atoms with Crippen LogP contribution >= 0.6 is 27.5 Å². The molecule has 4 heteroatoms. The number of halogens is 2. The van der Waals surface area contributed by atoms with E-state index in [2.05, 4.69) is 29.8 Å². The van der Waals surface area contributed by atoms with Gasteiger partial charge in [-0.15, -0.1) is 0 Å². The van der Waals surface area contributed by atoms with E-state index in [0.29, 0.717) is 16.0 Å². The van der Waals surface area contributed by atoms with Gasteiger partial charge in [-0.05, 0) is 42.9 Å². The van der Waals surface area contributed by atoms with Crippen molar-refractivity contribution in [2.24, 2.45) is 5.41 Å². The van der Waals surface area contributed by atoms with Crippen LogP contribution in [-0.2, 0) is 0 Å². The fraction of sp³-hybridized carbons (Fsp3) is 0.533. The maximum absolute atomic E-state index is 12.5. The lowest BCUT2D eigenvalue weighted by molar-refractivity contribution is 0.0770. The molecular weight excluding hydrogens is 326 g/mol. The van der Waals surface area contributed by atoms with Crippen molar-refractivity contribution in [1.82, 2.24) is 4.90 Å². The number of carbonyl (C=O) groups is 1. The molecule has 1 aliphatic rings. The van der Waals surface area contributed by atoms with Crippen molar-refractivity contribution in [1.29, 1.82) is 0 Å². The monoisotopic (exact) mass is 343 g/mol. The largest absolute Gasteiger partial charge is 0.338 e. The minimum absolute atomic E-state index is 0.0898. The molecule has 19 heavy (non-hydrogen) atoms. The zero-order chi connectivity index (χ0) is 14.0. The highest BCUT2D eigenvalue weighted by Gasteiger charge is 2.37. The van der Waals surface area contributed by atoms with Crippen LogP contribution in [0.2, 0.25) is 5.02 Å². The predicted molar refractivity (Wildman–Crippen MR) is 82.7 cm³/mol. The first kappa shape index (κ1) is 14.9. The van der Waals surface area contributed by atoms with Crippen molar-refractivity contribution in [2.75, 3.05) is 13.1 Å². The van der Waals surface area contributed by atoms with E-state index in [-0.39, 0.29) is 5.91 Å². The number of hydrogen-bond acceptors (Lipinski definition) is 1. The molecule has 0 spiro atoms. The molecule has 0 radical (unpaired) electrons. The van der Waals surface area contributed by atoms with Gasteiger partial charge >= 0.3 is 0 Å². The highest BCUT2D eigenvalue weighted by atomic mass is 79.9. The average molecular weight is 345 g/mol. The molecule has 1 amide bonds. The second-order valence-electron chi connectivity index (χ2n) is 5.34. The Morgan fingerprint density at radius 3 is 2.58 bits per heavy atom. The van der Waals surface area contributed by atoms with Gasteiger partial charge in [-0.1, -0.05) is 41.4 Å². The third-order valence-electron chi connectivity index (χ3n) is 4.34. The Kier molecular flexibility index (Phi) is 4.57. The number of nitrogens with zero attached hydrogens (tertiary/aromatic N) is 1. The normalized spacial score (nSPS) is 17.8. The lowest BCUT2D eigenvalue weighted by Gasteiger charge is -2.26. The highest BCUT2D eigenvalue weighted by Crippen LogP contribution is 2.37. The Balaban J connectivity index is 2.17. The lowest BCUT2D eigenvalue weighted by Crippen LogP contribution is -2.31. The van der Waals surface area contributed by atoms with E-state index in [1.165, 1.54) is 0 Å². The quantitative estimate of drug-likeness (QED) is 0.774. The first-order valence-corrected chi connectivity index (χ1v) is 7.92. The topological polar surface area (TPSA) is 20.3 Å². The van der Waals surface area contributed by atoms with Crippen LogP contribution in [0.1, 0.15) is 43.5 Å². The van der Waals surface area contributed by atoms with Gasteiger partial charge in [0, 0.05) is 28.1 Å². The summed E-state index contributed by atoms with van der Waals surface area (Å²) in [5.41, 5.74) is 0.980. The molecule has 0 saturated carbocycles. The van der Waals surface area contributed by atoms with Gasteiger partial charge in [0.2, 0.25) is 0 Å². The third kappa shape index (κ3) is 3.14. The second-order valence-corrected chi connectivity index (χ2v) is 6.69. The van der Waals surface area contributed by atoms with Crippen LogP contribution in [0.25, 0.3) is 0 Å². The first-order chi connectivity index (χ1) is 8.99. The van der Waals surface area contributed by atoms with Crippen molar-refractivity contribution in [3.8, 4) is 0 Å². The number of carbonyl (C=O) groups excluding carboxylic acids is 1. The van der Waals surface area contributed by atoms with Crippen LogP contribution in [0.4, 0.5) is 0 Å². The zero-order valence-corrected chi connectivity index (χ0v) is 13.7. The van der Waals surface area contributed by atoms with Crippen molar-refractivity contribution in [2.45, 2.75) is 33.1 Å². The van der Waals surface area contributed by atoms with Crippen LogP contribution in [0.15, 0.2) is 22.7 Å². The van der Waals surface area contributed by atoms with Gasteiger partial charge < -0.3 is 4.90 Å². The molecule has 1 heterocycles. The van der Waals surface area contributed by atoms with Gasteiger partial charge in [0.25, 0.3) is 5.91 Å². The SMILES string of the molecule is CCC1(CC)CCN(C(=O)c2cc(Cl)cc(Br)c2)C1. The Morgan fingerprint density at radius 1 is 1.37 bits per heavy atom. The predicted octanol–water partition coefficient (Wildman–Crippen LogP) is 4.75. The molecule has 1 saturated heterocycles. The lowest BCUT2D eigenvalue weighted by atomic mass is 9.82. The summed E-state index contributed by atoms with van der Waals surface area (Å²) in [6.07, 6.45) is 3.37. The third-order valence-corrected chi connectivity index (χ3v) is 5.01. The Labute approximate surface area is 128 Å². The molecule has 0 bridgehead atoms. The fourth-order valence-electron chi connectivity index (χ4n) is 2.80. The average Bonchev–Trinajstić information content (AvgIpc) is 2.82. The minimum atomic E-state index is 0.0898. The number of rotatable bonds is 3. The van der Waals surface area contributed by atoms with Crippen LogP contribution in [0, 0.1) is 5.41 Å². The molecule has 0 aromatic heterocycles.